The van der Waals surface area contributed by atoms with Crippen LogP contribution in [-0.4, -0.2) is 18.6 Å². The Balaban J connectivity index is 2.05. The van der Waals surface area contributed by atoms with Crippen molar-refractivity contribution in [2.24, 2.45) is 0 Å². The Labute approximate surface area is 98.6 Å². The molecule has 5 heteroatoms. The third-order valence-corrected chi connectivity index (χ3v) is 2.55. The average molecular weight is 241 g/mol. The van der Waals surface area contributed by atoms with Gasteiger partial charge in [0, 0.05) is 6.42 Å². The molecule has 0 aliphatic rings. The predicted octanol–water partition coefficient (Wildman–Crippen LogP) is 2.74. The lowest BCUT2D eigenvalue weighted by Gasteiger charge is -1.95. The normalized spacial score (nSPS) is 10.9. The molecule has 0 aromatic carbocycles. The highest BCUT2D eigenvalue weighted by molar-refractivity contribution is 6.31. The molecule has 86 valence electrons. The van der Waals surface area contributed by atoms with Gasteiger partial charge in [-0.3, -0.25) is 0 Å². The second-order valence-corrected chi connectivity index (χ2v) is 3.78. The van der Waals surface area contributed by atoms with E-state index in [9.17, 15) is 0 Å². The number of nitrogens with one attached hydrogen (secondary N) is 1. The Hall–Kier alpha value is -1.26. The minimum atomic E-state index is 0.331. The molecule has 1 N–H and O–H groups in total. The molecule has 0 saturated carbocycles. The van der Waals surface area contributed by atoms with Gasteiger partial charge >= 0.3 is 0 Å². The molecule has 0 saturated heterocycles. The van der Waals surface area contributed by atoms with E-state index in [-0.39, 0.29) is 0 Å². The monoisotopic (exact) mass is 240 g/mol. The van der Waals surface area contributed by atoms with Crippen molar-refractivity contribution in [2.75, 3.05) is 13.6 Å². The molecule has 2 rings (SSSR count). The molecule has 0 spiro atoms. The lowest BCUT2D eigenvalue weighted by atomic mass is 10.3. The topological polar surface area (TPSA) is 51.2 Å². The maximum atomic E-state index is 5.85. The number of oxazole rings is 1. The SMILES string of the molecule is CNCCCc1ncc(-c2ccoc2Cl)o1. The van der Waals surface area contributed by atoms with Crippen molar-refractivity contribution in [2.45, 2.75) is 12.8 Å². The Morgan fingerprint density at radius 3 is 3.06 bits per heavy atom. The number of rotatable bonds is 5. The van der Waals surface area contributed by atoms with Gasteiger partial charge in [0.05, 0.1) is 18.0 Å². The first kappa shape index (κ1) is 11.2. The molecule has 2 aromatic rings. The molecule has 4 nitrogen and oxygen atoms in total. The number of aryl methyl sites for hydroxylation is 1. The van der Waals surface area contributed by atoms with E-state index in [0.29, 0.717) is 11.0 Å². The third kappa shape index (κ3) is 2.46. The second-order valence-electron chi connectivity index (χ2n) is 3.43. The van der Waals surface area contributed by atoms with Gasteiger partial charge in [-0.1, -0.05) is 0 Å². The largest absolute Gasteiger partial charge is 0.452 e. The highest BCUT2D eigenvalue weighted by Crippen LogP contribution is 2.29. The molecular formula is C11H13ClN2O2. The molecule has 0 atom stereocenters. The van der Waals surface area contributed by atoms with Crippen molar-refractivity contribution in [3.8, 4) is 11.3 Å². The molecule has 0 unspecified atom stereocenters. The van der Waals surface area contributed by atoms with Gasteiger partial charge in [-0.05, 0) is 37.7 Å². The summed E-state index contributed by atoms with van der Waals surface area (Å²) in [4.78, 5) is 4.19. The second kappa shape index (κ2) is 5.18. The van der Waals surface area contributed by atoms with Gasteiger partial charge in [0.15, 0.2) is 11.7 Å². The van der Waals surface area contributed by atoms with Gasteiger partial charge in [0.25, 0.3) is 0 Å². The lowest BCUT2D eigenvalue weighted by molar-refractivity contribution is 0.494. The summed E-state index contributed by atoms with van der Waals surface area (Å²) in [6.45, 7) is 0.949. The molecule has 16 heavy (non-hydrogen) atoms. The molecular weight excluding hydrogens is 228 g/mol. The number of aromatic nitrogens is 1. The van der Waals surface area contributed by atoms with Crippen LogP contribution in [0.5, 0.6) is 0 Å². The minimum absolute atomic E-state index is 0.331. The molecule has 0 aliphatic heterocycles. The smallest absolute Gasteiger partial charge is 0.204 e. The van der Waals surface area contributed by atoms with Crippen LogP contribution < -0.4 is 5.32 Å². The van der Waals surface area contributed by atoms with Crippen molar-refractivity contribution in [1.29, 1.82) is 0 Å². The van der Waals surface area contributed by atoms with Crippen LogP contribution in [0.15, 0.2) is 27.4 Å². The first-order valence-electron chi connectivity index (χ1n) is 5.14. The lowest BCUT2D eigenvalue weighted by Crippen LogP contribution is -2.08. The van der Waals surface area contributed by atoms with E-state index < -0.39 is 0 Å². The van der Waals surface area contributed by atoms with Gasteiger partial charge in [-0.15, -0.1) is 0 Å². The minimum Gasteiger partial charge on any atom is -0.452 e. The van der Waals surface area contributed by atoms with Crippen LogP contribution in [0.2, 0.25) is 5.22 Å². The van der Waals surface area contributed by atoms with E-state index in [1.165, 1.54) is 6.26 Å². The van der Waals surface area contributed by atoms with Crippen molar-refractivity contribution >= 4 is 11.6 Å². The zero-order valence-electron chi connectivity index (χ0n) is 9.00. The quantitative estimate of drug-likeness (QED) is 0.817. The maximum Gasteiger partial charge on any atom is 0.204 e. The van der Waals surface area contributed by atoms with E-state index in [2.05, 4.69) is 10.3 Å². The van der Waals surface area contributed by atoms with Crippen LogP contribution in [0.1, 0.15) is 12.3 Å². The van der Waals surface area contributed by atoms with Gasteiger partial charge in [-0.2, -0.15) is 0 Å². The Morgan fingerprint density at radius 2 is 2.38 bits per heavy atom. The highest BCUT2D eigenvalue weighted by atomic mass is 35.5. The molecule has 0 aliphatic carbocycles. The van der Waals surface area contributed by atoms with E-state index in [0.717, 1.165) is 30.8 Å². The number of hydrogen-bond acceptors (Lipinski definition) is 4. The molecule has 0 amide bonds. The summed E-state index contributed by atoms with van der Waals surface area (Å²) in [5, 5.41) is 3.41. The summed E-state index contributed by atoms with van der Waals surface area (Å²) < 4.78 is 10.6. The fourth-order valence-electron chi connectivity index (χ4n) is 1.44. The van der Waals surface area contributed by atoms with Gasteiger partial charge in [0.2, 0.25) is 5.22 Å². The summed E-state index contributed by atoms with van der Waals surface area (Å²) >= 11 is 5.85. The Kier molecular flexibility index (Phi) is 3.64. The molecule has 0 fully saturated rings. The first-order chi connectivity index (χ1) is 7.81. The fraction of sp³-hybridized carbons (Fsp3) is 0.364. The molecule has 0 radical (unpaired) electrons. The third-order valence-electron chi connectivity index (χ3n) is 2.25. The van der Waals surface area contributed by atoms with Crippen LogP contribution in [0.25, 0.3) is 11.3 Å². The fourth-order valence-corrected chi connectivity index (χ4v) is 1.64. The van der Waals surface area contributed by atoms with Crippen molar-refractivity contribution in [3.05, 3.63) is 29.6 Å². The molecule has 2 aromatic heterocycles. The van der Waals surface area contributed by atoms with Crippen molar-refractivity contribution in [3.63, 3.8) is 0 Å². The predicted molar refractivity (Wildman–Crippen MR) is 61.5 cm³/mol. The average Bonchev–Trinajstić information content (AvgIpc) is 2.87. The molecule has 0 bridgehead atoms. The van der Waals surface area contributed by atoms with Crippen LogP contribution in [0.4, 0.5) is 0 Å². The number of hydrogen-bond donors (Lipinski definition) is 1. The number of furan rings is 1. The number of halogens is 1. The number of nitrogens with zero attached hydrogens (tertiary/aromatic N) is 1. The summed E-state index contributed by atoms with van der Waals surface area (Å²) in [6, 6.07) is 1.76. The van der Waals surface area contributed by atoms with Crippen LogP contribution in [-0.2, 0) is 6.42 Å². The van der Waals surface area contributed by atoms with Crippen molar-refractivity contribution in [1.82, 2.24) is 10.3 Å². The molecule has 2 heterocycles. The van der Waals surface area contributed by atoms with Crippen LogP contribution in [0, 0.1) is 0 Å². The maximum absolute atomic E-state index is 5.85. The highest BCUT2D eigenvalue weighted by Gasteiger charge is 2.11. The zero-order chi connectivity index (χ0) is 11.4. The van der Waals surface area contributed by atoms with Gasteiger partial charge < -0.3 is 14.2 Å². The van der Waals surface area contributed by atoms with Crippen molar-refractivity contribution < 1.29 is 8.83 Å². The van der Waals surface area contributed by atoms with E-state index in [1.807, 2.05) is 7.05 Å². The first-order valence-corrected chi connectivity index (χ1v) is 5.51. The van der Waals surface area contributed by atoms with E-state index in [4.69, 9.17) is 20.4 Å². The summed E-state index contributed by atoms with van der Waals surface area (Å²) in [5.74, 6) is 1.38. The zero-order valence-corrected chi connectivity index (χ0v) is 9.75. The van der Waals surface area contributed by atoms with Crippen LogP contribution in [0.3, 0.4) is 0 Å². The summed E-state index contributed by atoms with van der Waals surface area (Å²) in [6.07, 6.45) is 5.01. The summed E-state index contributed by atoms with van der Waals surface area (Å²) in [7, 11) is 1.92. The van der Waals surface area contributed by atoms with Gasteiger partial charge in [-0.25, -0.2) is 4.98 Å². The van der Waals surface area contributed by atoms with Crippen LogP contribution >= 0.6 is 11.6 Å². The Bertz CT molecular complexity index is 450. The van der Waals surface area contributed by atoms with Gasteiger partial charge in [0.1, 0.15) is 0 Å². The Morgan fingerprint density at radius 1 is 1.50 bits per heavy atom. The standard InChI is InChI=1S/C11H13ClN2O2/c1-13-5-2-3-10-14-7-9(16-10)8-4-6-15-11(8)12/h4,6-7,13H,2-3,5H2,1H3. The van der Waals surface area contributed by atoms with E-state index >= 15 is 0 Å². The summed E-state index contributed by atoms with van der Waals surface area (Å²) in [5.41, 5.74) is 0.744. The van der Waals surface area contributed by atoms with E-state index in [1.54, 1.807) is 12.3 Å².